The van der Waals surface area contributed by atoms with Gasteiger partial charge >= 0.3 is 5.97 Å². The summed E-state index contributed by atoms with van der Waals surface area (Å²) in [6, 6.07) is 2.95. The molecule has 34 heavy (non-hydrogen) atoms. The zero-order valence-corrected chi connectivity index (χ0v) is 18.4. The van der Waals surface area contributed by atoms with Gasteiger partial charge in [0.1, 0.15) is 28.9 Å². The van der Waals surface area contributed by atoms with E-state index in [2.05, 4.69) is 0 Å². The van der Waals surface area contributed by atoms with Crippen LogP contribution in [0, 0.1) is 11.8 Å². The number of rotatable bonds is 3. The quantitative estimate of drug-likeness (QED) is 0.155. The van der Waals surface area contributed by atoms with Crippen LogP contribution in [0.25, 0.3) is 5.76 Å². The van der Waals surface area contributed by atoms with Crippen LogP contribution in [0.4, 0.5) is 5.69 Å². The van der Waals surface area contributed by atoms with Crippen molar-refractivity contribution in [3.63, 3.8) is 0 Å². The Balaban J connectivity index is 2.06. The number of ketones is 2. The van der Waals surface area contributed by atoms with Crippen LogP contribution in [0.5, 0.6) is 5.75 Å². The number of aromatic hydroxyl groups is 1. The van der Waals surface area contributed by atoms with Crippen molar-refractivity contribution in [1.82, 2.24) is 0 Å². The van der Waals surface area contributed by atoms with Crippen molar-refractivity contribution in [2.75, 3.05) is 5.73 Å². The maximum Gasteiger partial charge on any atom is 0.305 e. The molecule has 1 aromatic carbocycles. The smallest absolute Gasteiger partial charge is 0.305 e. The molecular formula is C23H24N2O9. The molecule has 0 saturated heterocycles. The largest absolute Gasteiger partial charge is 0.508 e. The second-order valence-corrected chi connectivity index (χ2v) is 8.77. The molecule has 8 N–H and O–H groups in total. The fourth-order valence-corrected chi connectivity index (χ4v) is 5.37. The number of Topliss-reactive ketones (excluding diaryl/α,β-unsaturated/α-hetero) is 2. The van der Waals surface area contributed by atoms with Gasteiger partial charge in [0.25, 0.3) is 5.91 Å². The van der Waals surface area contributed by atoms with Gasteiger partial charge in [0.15, 0.2) is 11.4 Å². The standard InChI is InChI=1S/C23H24N2O9/c1-3-12(27)34-19-9-6-11(26)15(22(25)32)20(30)23(9,33)21(31)16-13(19)7(2)8-4-5-10(24)17(28)14(8)18(16)29/h4-5,7,9,13,19,28-30,33H,3,6,24H2,1-2H3,(H2,25,32). The first-order valence-corrected chi connectivity index (χ1v) is 10.7. The number of nitrogen functional groups attached to an aromatic ring is 1. The van der Waals surface area contributed by atoms with E-state index in [1.54, 1.807) is 13.0 Å². The van der Waals surface area contributed by atoms with Gasteiger partial charge in [-0.25, -0.2) is 0 Å². The fourth-order valence-electron chi connectivity index (χ4n) is 5.37. The van der Waals surface area contributed by atoms with Crippen LogP contribution in [-0.4, -0.2) is 55.6 Å². The predicted molar refractivity (Wildman–Crippen MR) is 116 cm³/mol. The first-order valence-electron chi connectivity index (χ1n) is 10.7. The van der Waals surface area contributed by atoms with Crippen LogP contribution in [0.15, 0.2) is 29.0 Å². The van der Waals surface area contributed by atoms with Crippen LogP contribution in [0.3, 0.4) is 0 Å². The second-order valence-electron chi connectivity index (χ2n) is 8.77. The molecule has 0 aromatic heterocycles. The molecule has 5 atom stereocenters. The van der Waals surface area contributed by atoms with E-state index >= 15 is 0 Å². The van der Waals surface area contributed by atoms with Gasteiger partial charge < -0.3 is 36.6 Å². The molecule has 3 aliphatic carbocycles. The van der Waals surface area contributed by atoms with Crippen LogP contribution < -0.4 is 11.5 Å². The monoisotopic (exact) mass is 472 g/mol. The molecule has 11 nitrogen and oxygen atoms in total. The number of amides is 1. The Bertz CT molecular complexity index is 1230. The minimum absolute atomic E-state index is 0.0715. The first-order chi connectivity index (χ1) is 15.9. The maximum absolute atomic E-state index is 13.7. The summed E-state index contributed by atoms with van der Waals surface area (Å²) in [7, 11) is 0. The molecule has 11 heteroatoms. The van der Waals surface area contributed by atoms with Crippen LogP contribution in [-0.2, 0) is 23.9 Å². The number of aliphatic hydroxyl groups is 3. The SMILES string of the molecule is CCC(=O)OC1C2C(=C(O)c3c(ccc(N)c3O)C2C)C(=O)C2(O)C(O)=C(C(N)=O)C(=O)CC12. The highest BCUT2D eigenvalue weighted by atomic mass is 16.5. The van der Waals surface area contributed by atoms with E-state index in [4.69, 9.17) is 16.2 Å². The van der Waals surface area contributed by atoms with Gasteiger partial charge in [-0.3, -0.25) is 19.2 Å². The van der Waals surface area contributed by atoms with Crippen molar-refractivity contribution in [3.05, 3.63) is 40.2 Å². The number of carbonyl (C=O) groups excluding carboxylic acids is 4. The van der Waals surface area contributed by atoms with E-state index in [1.165, 1.54) is 13.0 Å². The molecule has 180 valence electrons. The normalized spacial score (nSPS) is 30.4. The fraction of sp³-hybridized carbons (Fsp3) is 0.391. The number of esters is 1. The third-order valence-corrected chi connectivity index (χ3v) is 7.06. The first kappa shape index (κ1) is 23.3. The van der Waals surface area contributed by atoms with Gasteiger partial charge in [-0.2, -0.15) is 0 Å². The number of benzene rings is 1. The highest BCUT2D eigenvalue weighted by Gasteiger charge is 2.66. The lowest BCUT2D eigenvalue weighted by Crippen LogP contribution is -2.64. The van der Waals surface area contributed by atoms with Crippen LogP contribution in [0.1, 0.15) is 43.7 Å². The zero-order valence-electron chi connectivity index (χ0n) is 18.4. The van der Waals surface area contributed by atoms with Gasteiger partial charge in [-0.15, -0.1) is 0 Å². The van der Waals surface area contributed by atoms with Crippen molar-refractivity contribution in [2.45, 2.75) is 44.3 Å². The van der Waals surface area contributed by atoms with E-state index < -0.39 is 87.7 Å². The molecule has 5 unspecified atom stereocenters. The molecule has 1 fully saturated rings. The van der Waals surface area contributed by atoms with Gasteiger partial charge in [0.2, 0.25) is 5.78 Å². The molecule has 1 saturated carbocycles. The average Bonchev–Trinajstić information content (AvgIpc) is 2.77. The number of anilines is 1. The number of nitrogens with two attached hydrogens (primary N) is 2. The van der Waals surface area contributed by atoms with E-state index in [9.17, 15) is 39.6 Å². The number of aliphatic hydroxyl groups excluding tert-OH is 2. The lowest BCUT2D eigenvalue weighted by atomic mass is 9.55. The number of carbonyl (C=O) groups is 4. The second kappa shape index (κ2) is 7.59. The maximum atomic E-state index is 13.7. The lowest BCUT2D eigenvalue weighted by Gasteiger charge is -2.51. The molecular weight excluding hydrogens is 448 g/mol. The molecule has 3 aliphatic rings. The summed E-state index contributed by atoms with van der Waals surface area (Å²) in [5, 5.41) is 43.9. The third-order valence-electron chi connectivity index (χ3n) is 7.06. The number of phenols is 1. The number of primary amides is 1. The molecule has 0 heterocycles. The predicted octanol–water partition coefficient (Wildman–Crippen LogP) is 0.499. The minimum atomic E-state index is -2.88. The Hall–Kier alpha value is -3.86. The molecule has 0 spiro atoms. The topological polar surface area (TPSA) is 210 Å². The van der Waals surface area contributed by atoms with E-state index in [-0.39, 0.29) is 17.7 Å². The number of phenolic OH excluding ortho intramolecular Hbond substituents is 1. The van der Waals surface area contributed by atoms with E-state index in [1.807, 2.05) is 0 Å². The molecule has 4 rings (SSSR count). The van der Waals surface area contributed by atoms with Gasteiger partial charge in [-0.05, 0) is 17.5 Å². The van der Waals surface area contributed by atoms with Crippen molar-refractivity contribution in [2.24, 2.45) is 17.6 Å². The summed E-state index contributed by atoms with van der Waals surface area (Å²) < 4.78 is 5.59. The molecule has 0 aliphatic heterocycles. The Morgan fingerprint density at radius 1 is 1.21 bits per heavy atom. The summed E-state index contributed by atoms with van der Waals surface area (Å²) in [6.07, 6.45) is -2.04. The van der Waals surface area contributed by atoms with Gasteiger partial charge in [-0.1, -0.05) is 19.9 Å². The van der Waals surface area contributed by atoms with E-state index in [0.29, 0.717) is 5.56 Å². The summed E-state index contributed by atoms with van der Waals surface area (Å²) >= 11 is 0. The molecule has 1 aromatic rings. The minimum Gasteiger partial charge on any atom is -0.508 e. The molecule has 0 bridgehead atoms. The van der Waals surface area contributed by atoms with Crippen LogP contribution >= 0.6 is 0 Å². The summed E-state index contributed by atoms with van der Waals surface area (Å²) in [4.78, 5) is 50.5. The number of hydrogen-bond donors (Lipinski definition) is 6. The lowest BCUT2D eigenvalue weighted by molar-refractivity contribution is -0.178. The summed E-state index contributed by atoms with van der Waals surface area (Å²) in [6.45, 7) is 3.18. The molecule has 1 amide bonds. The van der Waals surface area contributed by atoms with Crippen LogP contribution in [0.2, 0.25) is 0 Å². The third kappa shape index (κ3) is 2.86. The van der Waals surface area contributed by atoms with Crippen molar-refractivity contribution < 1.29 is 44.3 Å². The number of ether oxygens (including phenoxy) is 1. The van der Waals surface area contributed by atoms with Crippen molar-refractivity contribution in [1.29, 1.82) is 0 Å². The molecule has 0 radical (unpaired) electrons. The highest BCUT2D eigenvalue weighted by Crippen LogP contribution is 2.56. The number of hydrogen-bond acceptors (Lipinski definition) is 10. The van der Waals surface area contributed by atoms with E-state index in [0.717, 1.165) is 0 Å². The average molecular weight is 472 g/mol. The summed E-state index contributed by atoms with van der Waals surface area (Å²) in [5.41, 5.74) is 6.88. The Morgan fingerprint density at radius 2 is 1.85 bits per heavy atom. The highest BCUT2D eigenvalue weighted by molar-refractivity contribution is 6.23. The Kier molecular flexibility index (Phi) is 5.20. The Morgan fingerprint density at radius 3 is 2.44 bits per heavy atom. The summed E-state index contributed by atoms with van der Waals surface area (Å²) in [5.74, 6) is -9.82. The Labute approximate surface area is 193 Å². The van der Waals surface area contributed by atoms with Crippen molar-refractivity contribution >= 4 is 34.9 Å². The van der Waals surface area contributed by atoms with Gasteiger partial charge in [0, 0.05) is 30.3 Å². The van der Waals surface area contributed by atoms with Gasteiger partial charge in [0.05, 0.1) is 11.3 Å². The van der Waals surface area contributed by atoms with Crippen molar-refractivity contribution in [3.8, 4) is 5.75 Å². The number of fused-ring (bicyclic) bond motifs is 3. The zero-order chi connectivity index (χ0) is 25.3.